The summed E-state index contributed by atoms with van der Waals surface area (Å²) in [7, 11) is 3.31. The van der Waals surface area contributed by atoms with Gasteiger partial charge in [-0.25, -0.2) is 0 Å². The Bertz CT molecular complexity index is 764. The Balaban J connectivity index is 1.76. The maximum Gasteiger partial charge on any atom is 0.169 e. The van der Waals surface area contributed by atoms with Crippen molar-refractivity contribution in [2.24, 2.45) is 0 Å². The predicted octanol–water partition coefficient (Wildman–Crippen LogP) is 3.76. The van der Waals surface area contributed by atoms with E-state index in [4.69, 9.17) is 26.4 Å². The van der Waals surface area contributed by atoms with Crippen LogP contribution in [-0.4, -0.2) is 43.5 Å². The van der Waals surface area contributed by atoms with E-state index in [9.17, 15) is 0 Å². The molecule has 0 bridgehead atoms. The average molecular weight is 401 g/mol. The first-order valence-corrected chi connectivity index (χ1v) is 10.00. The van der Waals surface area contributed by atoms with Crippen LogP contribution < -0.4 is 14.8 Å². The van der Waals surface area contributed by atoms with E-state index in [0.717, 1.165) is 43.1 Å². The highest BCUT2D eigenvalue weighted by Crippen LogP contribution is 2.31. The lowest BCUT2D eigenvalue weighted by atomic mass is 10.1. The lowest BCUT2D eigenvalue weighted by Crippen LogP contribution is -2.42. The fourth-order valence-corrected chi connectivity index (χ4v) is 3.62. The van der Waals surface area contributed by atoms with E-state index in [2.05, 4.69) is 22.3 Å². The molecule has 0 spiro atoms. The summed E-state index contributed by atoms with van der Waals surface area (Å²) in [5.41, 5.74) is 2.23. The molecule has 28 heavy (non-hydrogen) atoms. The monoisotopic (exact) mass is 400 g/mol. The maximum absolute atomic E-state index is 5.74. The quantitative estimate of drug-likeness (QED) is 0.681. The number of rotatable bonds is 8. The van der Waals surface area contributed by atoms with Gasteiger partial charge in [-0.15, -0.1) is 0 Å². The van der Waals surface area contributed by atoms with Gasteiger partial charge < -0.3 is 24.4 Å². The van der Waals surface area contributed by atoms with Gasteiger partial charge in [0, 0.05) is 31.8 Å². The SMILES string of the molecule is COc1cccc(CN(Cc2ccccc2)C(=S)NCC2CCCO2)c1OC. The van der Waals surface area contributed by atoms with Crippen LogP contribution in [0, 0.1) is 0 Å². The van der Waals surface area contributed by atoms with Gasteiger partial charge in [-0.3, -0.25) is 0 Å². The third-order valence-electron chi connectivity index (χ3n) is 4.85. The van der Waals surface area contributed by atoms with Crippen LogP contribution in [0.1, 0.15) is 24.0 Å². The minimum absolute atomic E-state index is 0.239. The molecule has 3 rings (SSSR count). The van der Waals surface area contributed by atoms with Gasteiger partial charge in [0.2, 0.25) is 0 Å². The van der Waals surface area contributed by atoms with Crippen molar-refractivity contribution in [3.05, 3.63) is 59.7 Å². The van der Waals surface area contributed by atoms with Gasteiger partial charge in [0.25, 0.3) is 0 Å². The molecule has 1 aliphatic heterocycles. The number of para-hydroxylation sites is 1. The Morgan fingerprint density at radius 1 is 1.11 bits per heavy atom. The smallest absolute Gasteiger partial charge is 0.169 e. The van der Waals surface area contributed by atoms with E-state index in [1.165, 1.54) is 5.56 Å². The molecule has 2 aromatic rings. The number of nitrogens with zero attached hydrogens (tertiary/aromatic N) is 1. The standard InChI is InChI=1S/C22H28N2O3S/c1-25-20-12-6-10-18(21(20)26-2)16-24(15-17-8-4-3-5-9-17)22(28)23-14-19-11-7-13-27-19/h3-6,8-10,12,19H,7,11,13-16H2,1-2H3,(H,23,28). The first-order valence-electron chi connectivity index (χ1n) is 9.59. The van der Waals surface area contributed by atoms with Crippen LogP contribution in [0.3, 0.4) is 0 Å². The molecule has 0 amide bonds. The van der Waals surface area contributed by atoms with Crippen LogP contribution in [0.4, 0.5) is 0 Å². The van der Waals surface area contributed by atoms with Crippen molar-refractivity contribution in [3.8, 4) is 11.5 Å². The summed E-state index contributed by atoms with van der Waals surface area (Å²) in [6.07, 6.45) is 2.44. The van der Waals surface area contributed by atoms with Crippen molar-refractivity contribution in [1.29, 1.82) is 0 Å². The third kappa shape index (κ3) is 5.36. The Kier molecular flexibility index (Phi) is 7.51. The maximum atomic E-state index is 5.74. The van der Waals surface area contributed by atoms with Gasteiger partial charge in [0.15, 0.2) is 16.6 Å². The van der Waals surface area contributed by atoms with E-state index in [-0.39, 0.29) is 6.10 Å². The van der Waals surface area contributed by atoms with Crippen LogP contribution in [0.15, 0.2) is 48.5 Å². The Morgan fingerprint density at radius 3 is 2.61 bits per heavy atom. The fourth-order valence-electron chi connectivity index (χ4n) is 3.41. The van der Waals surface area contributed by atoms with Gasteiger partial charge in [0.1, 0.15) is 0 Å². The molecular weight excluding hydrogens is 372 g/mol. The summed E-state index contributed by atoms with van der Waals surface area (Å²) in [5.74, 6) is 1.46. The Labute approximate surface area is 172 Å². The lowest BCUT2D eigenvalue weighted by molar-refractivity contribution is 0.113. The second kappa shape index (κ2) is 10.3. The van der Waals surface area contributed by atoms with Crippen LogP contribution in [0.25, 0.3) is 0 Å². The summed E-state index contributed by atoms with van der Waals surface area (Å²) in [4.78, 5) is 2.15. The van der Waals surface area contributed by atoms with Crippen LogP contribution in [-0.2, 0) is 17.8 Å². The second-order valence-electron chi connectivity index (χ2n) is 6.82. The normalized spacial score (nSPS) is 15.9. The van der Waals surface area contributed by atoms with Crippen molar-refractivity contribution in [1.82, 2.24) is 10.2 Å². The summed E-state index contributed by atoms with van der Waals surface area (Å²) < 4.78 is 16.8. The molecule has 0 saturated carbocycles. The number of thiocarbonyl (C=S) groups is 1. The molecule has 1 atom stereocenters. The molecule has 0 aromatic heterocycles. The third-order valence-corrected chi connectivity index (χ3v) is 5.26. The van der Waals surface area contributed by atoms with Gasteiger partial charge in [0.05, 0.1) is 20.3 Å². The van der Waals surface area contributed by atoms with Crippen LogP contribution in [0.5, 0.6) is 11.5 Å². The van der Waals surface area contributed by atoms with Crippen molar-refractivity contribution in [2.45, 2.75) is 32.0 Å². The Hall–Kier alpha value is -2.31. The highest BCUT2D eigenvalue weighted by atomic mass is 32.1. The Morgan fingerprint density at radius 2 is 1.93 bits per heavy atom. The number of ether oxygens (including phenoxy) is 3. The van der Waals surface area contributed by atoms with E-state index in [0.29, 0.717) is 18.2 Å². The molecule has 0 aliphatic carbocycles. The van der Waals surface area contributed by atoms with Gasteiger partial charge in [-0.05, 0) is 36.7 Å². The average Bonchev–Trinajstić information content (AvgIpc) is 3.25. The molecule has 1 saturated heterocycles. The fraction of sp³-hybridized carbons (Fsp3) is 0.409. The molecule has 1 unspecified atom stereocenters. The van der Waals surface area contributed by atoms with E-state index in [1.54, 1.807) is 14.2 Å². The van der Waals surface area contributed by atoms with E-state index < -0.39 is 0 Å². The first-order chi connectivity index (χ1) is 13.7. The van der Waals surface area contributed by atoms with Crippen molar-refractivity contribution in [3.63, 3.8) is 0 Å². The predicted molar refractivity (Wildman–Crippen MR) is 115 cm³/mol. The summed E-state index contributed by atoms with van der Waals surface area (Å²) in [6, 6.07) is 16.2. The molecule has 0 radical (unpaired) electrons. The zero-order valence-electron chi connectivity index (χ0n) is 16.5. The molecule has 1 N–H and O–H groups in total. The molecule has 1 fully saturated rings. The second-order valence-corrected chi connectivity index (χ2v) is 7.20. The van der Waals surface area contributed by atoms with Gasteiger partial charge in [-0.2, -0.15) is 0 Å². The van der Waals surface area contributed by atoms with Crippen LogP contribution >= 0.6 is 12.2 Å². The molecule has 2 aromatic carbocycles. The molecule has 6 heteroatoms. The topological polar surface area (TPSA) is 43.0 Å². The van der Waals surface area contributed by atoms with E-state index >= 15 is 0 Å². The zero-order chi connectivity index (χ0) is 19.8. The molecule has 150 valence electrons. The van der Waals surface area contributed by atoms with Crippen molar-refractivity contribution >= 4 is 17.3 Å². The number of methoxy groups -OCH3 is 2. The highest BCUT2D eigenvalue weighted by molar-refractivity contribution is 7.80. The number of hydrogen-bond acceptors (Lipinski definition) is 4. The lowest BCUT2D eigenvalue weighted by Gasteiger charge is -2.28. The zero-order valence-corrected chi connectivity index (χ0v) is 17.3. The highest BCUT2D eigenvalue weighted by Gasteiger charge is 2.19. The summed E-state index contributed by atoms with van der Waals surface area (Å²) in [6.45, 7) is 2.90. The van der Waals surface area contributed by atoms with Gasteiger partial charge >= 0.3 is 0 Å². The van der Waals surface area contributed by atoms with Crippen molar-refractivity contribution in [2.75, 3.05) is 27.4 Å². The first kappa shape index (κ1) is 20.4. The number of benzene rings is 2. The summed E-state index contributed by atoms with van der Waals surface area (Å²) in [5, 5.41) is 4.10. The minimum Gasteiger partial charge on any atom is -0.493 e. The largest absolute Gasteiger partial charge is 0.493 e. The summed E-state index contributed by atoms with van der Waals surface area (Å²) >= 11 is 5.74. The molecule has 1 aliphatic rings. The minimum atomic E-state index is 0.239. The molecular formula is C22H28N2O3S. The van der Waals surface area contributed by atoms with Crippen molar-refractivity contribution < 1.29 is 14.2 Å². The van der Waals surface area contributed by atoms with E-state index in [1.807, 2.05) is 36.4 Å². The van der Waals surface area contributed by atoms with Gasteiger partial charge in [-0.1, -0.05) is 42.5 Å². The number of nitrogens with one attached hydrogen (secondary N) is 1. The molecule has 5 nitrogen and oxygen atoms in total. The number of hydrogen-bond donors (Lipinski definition) is 1. The van der Waals surface area contributed by atoms with Crippen LogP contribution in [0.2, 0.25) is 0 Å². The molecule has 1 heterocycles.